The highest BCUT2D eigenvalue weighted by Gasteiger charge is 2.42. The Morgan fingerprint density at radius 3 is 2.33 bits per heavy atom. The number of rotatable bonds is 8. The molecule has 2 rings (SSSR count). The van der Waals surface area contributed by atoms with Gasteiger partial charge in [0.2, 0.25) is 0 Å². The van der Waals surface area contributed by atoms with E-state index >= 15 is 0 Å². The highest BCUT2D eigenvalue weighted by molar-refractivity contribution is 6.30. The molecule has 0 atom stereocenters. The fraction of sp³-hybridized carbons (Fsp3) is 0.650. The first-order valence-corrected chi connectivity index (χ1v) is 9.66. The van der Waals surface area contributed by atoms with Gasteiger partial charge in [-0.3, -0.25) is 4.79 Å². The van der Waals surface area contributed by atoms with Crippen LogP contribution in [-0.4, -0.2) is 37.1 Å². The molecule has 1 aliphatic rings. The Balaban J connectivity index is 1.99. The van der Waals surface area contributed by atoms with Crippen molar-refractivity contribution in [2.24, 2.45) is 0 Å². The molecule has 4 heteroatoms. The number of nitrogens with zero attached hydrogens (tertiary/aromatic N) is 1. The lowest BCUT2D eigenvalue weighted by molar-refractivity contribution is -0.152. The van der Waals surface area contributed by atoms with Gasteiger partial charge in [0.05, 0.1) is 12.0 Å². The van der Waals surface area contributed by atoms with Crippen LogP contribution in [0.1, 0.15) is 57.9 Å². The van der Waals surface area contributed by atoms with Crippen molar-refractivity contribution in [3.63, 3.8) is 0 Å². The van der Waals surface area contributed by atoms with Gasteiger partial charge in [0.15, 0.2) is 0 Å². The average molecular weight is 352 g/mol. The van der Waals surface area contributed by atoms with Gasteiger partial charge < -0.3 is 9.64 Å². The zero-order chi connectivity index (χ0) is 17.4. The van der Waals surface area contributed by atoms with Crippen LogP contribution in [0.4, 0.5) is 0 Å². The lowest BCUT2D eigenvalue weighted by atomic mass is 9.69. The van der Waals surface area contributed by atoms with Crippen molar-refractivity contribution in [2.75, 3.05) is 26.2 Å². The standard InChI is InChI=1S/C20H30ClNO2/c1-3-22(4-2)15-8-16-24-19(23)20(13-6-5-7-14-20)17-9-11-18(21)12-10-17/h9-12H,3-8,13-16H2,1-2H3. The second kappa shape index (κ2) is 9.43. The number of carbonyl (C=O) groups is 1. The van der Waals surface area contributed by atoms with Crippen molar-refractivity contribution in [2.45, 2.75) is 57.8 Å². The predicted molar refractivity (Wildman–Crippen MR) is 99.6 cm³/mol. The molecule has 0 saturated heterocycles. The second-order valence-corrected chi connectivity index (χ2v) is 7.10. The van der Waals surface area contributed by atoms with E-state index in [9.17, 15) is 4.79 Å². The van der Waals surface area contributed by atoms with Crippen LogP contribution in [-0.2, 0) is 14.9 Å². The number of ether oxygens (including phenoxy) is 1. The van der Waals surface area contributed by atoms with Crippen molar-refractivity contribution in [1.29, 1.82) is 0 Å². The Kier molecular flexibility index (Phi) is 7.57. The van der Waals surface area contributed by atoms with Crippen LogP contribution in [0, 0.1) is 0 Å². The quantitative estimate of drug-likeness (QED) is 0.497. The molecule has 1 aromatic carbocycles. The number of esters is 1. The molecule has 0 unspecified atom stereocenters. The third-order valence-electron chi connectivity index (χ3n) is 5.24. The highest BCUT2D eigenvalue weighted by atomic mass is 35.5. The molecule has 0 spiro atoms. The number of carbonyl (C=O) groups excluding carboxylic acids is 1. The van der Waals surface area contributed by atoms with Gasteiger partial charge in [0, 0.05) is 11.6 Å². The topological polar surface area (TPSA) is 29.5 Å². The molecule has 3 nitrogen and oxygen atoms in total. The summed E-state index contributed by atoms with van der Waals surface area (Å²) < 4.78 is 5.71. The van der Waals surface area contributed by atoms with Gasteiger partial charge in [-0.15, -0.1) is 0 Å². The number of hydrogen-bond acceptors (Lipinski definition) is 3. The van der Waals surface area contributed by atoms with Gasteiger partial charge in [-0.1, -0.05) is 56.8 Å². The molecule has 0 amide bonds. The predicted octanol–water partition coefficient (Wildman–Crippen LogP) is 4.82. The van der Waals surface area contributed by atoms with Gasteiger partial charge >= 0.3 is 5.97 Å². The van der Waals surface area contributed by atoms with E-state index in [-0.39, 0.29) is 5.97 Å². The van der Waals surface area contributed by atoms with E-state index in [0.29, 0.717) is 11.6 Å². The molecule has 0 bridgehead atoms. The summed E-state index contributed by atoms with van der Waals surface area (Å²) in [4.78, 5) is 15.3. The summed E-state index contributed by atoms with van der Waals surface area (Å²) >= 11 is 6.01. The van der Waals surface area contributed by atoms with Crippen LogP contribution >= 0.6 is 11.6 Å². The first-order chi connectivity index (χ1) is 11.6. The van der Waals surface area contributed by atoms with Gasteiger partial charge in [-0.05, 0) is 50.0 Å². The second-order valence-electron chi connectivity index (χ2n) is 6.67. The van der Waals surface area contributed by atoms with Crippen LogP contribution < -0.4 is 0 Å². The summed E-state index contributed by atoms with van der Waals surface area (Å²) in [5, 5.41) is 0.706. The van der Waals surface area contributed by atoms with E-state index in [2.05, 4.69) is 18.7 Å². The largest absolute Gasteiger partial charge is 0.465 e. The van der Waals surface area contributed by atoms with Crippen molar-refractivity contribution in [1.82, 2.24) is 4.90 Å². The molecule has 0 heterocycles. The van der Waals surface area contributed by atoms with E-state index in [1.807, 2.05) is 24.3 Å². The number of hydrogen-bond donors (Lipinski definition) is 0. The Morgan fingerprint density at radius 1 is 1.12 bits per heavy atom. The Labute approximate surface area is 151 Å². The van der Waals surface area contributed by atoms with E-state index in [1.165, 1.54) is 6.42 Å². The van der Waals surface area contributed by atoms with Crippen LogP contribution in [0.3, 0.4) is 0 Å². The molecule has 1 saturated carbocycles. The summed E-state index contributed by atoms with van der Waals surface area (Å²) in [6.07, 6.45) is 6.01. The summed E-state index contributed by atoms with van der Waals surface area (Å²) in [6, 6.07) is 7.73. The smallest absolute Gasteiger partial charge is 0.316 e. The Hall–Kier alpha value is -1.06. The minimum absolute atomic E-state index is 0.0518. The lowest BCUT2D eigenvalue weighted by Crippen LogP contribution is -2.39. The molecule has 1 fully saturated rings. The molecule has 1 aliphatic carbocycles. The fourth-order valence-corrected chi connectivity index (χ4v) is 3.79. The van der Waals surface area contributed by atoms with Crippen molar-refractivity contribution in [3.05, 3.63) is 34.9 Å². The summed E-state index contributed by atoms with van der Waals surface area (Å²) in [6.45, 7) is 7.89. The molecular weight excluding hydrogens is 322 g/mol. The summed E-state index contributed by atoms with van der Waals surface area (Å²) in [5.74, 6) is -0.0518. The maximum atomic E-state index is 12.9. The van der Waals surface area contributed by atoms with Gasteiger partial charge in [-0.2, -0.15) is 0 Å². The first kappa shape index (κ1) is 19.3. The minimum atomic E-state index is -0.474. The summed E-state index contributed by atoms with van der Waals surface area (Å²) in [7, 11) is 0. The molecule has 24 heavy (non-hydrogen) atoms. The maximum absolute atomic E-state index is 12.9. The monoisotopic (exact) mass is 351 g/mol. The zero-order valence-corrected chi connectivity index (χ0v) is 15.8. The number of benzene rings is 1. The minimum Gasteiger partial charge on any atom is -0.465 e. The van der Waals surface area contributed by atoms with E-state index in [1.54, 1.807) is 0 Å². The van der Waals surface area contributed by atoms with E-state index in [0.717, 1.165) is 57.3 Å². The van der Waals surface area contributed by atoms with E-state index in [4.69, 9.17) is 16.3 Å². The maximum Gasteiger partial charge on any atom is 0.316 e. The normalized spacial score (nSPS) is 17.0. The average Bonchev–Trinajstić information content (AvgIpc) is 2.63. The lowest BCUT2D eigenvalue weighted by Gasteiger charge is -2.35. The zero-order valence-electron chi connectivity index (χ0n) is 15.0. The fourth-order valence-electron chi connectivity index (χ4n) is 3.67. The van der Waals surface area contributed by atoms with Gasteiger partial charge in [0.1, 0.15) is 0 Å². The molecule has 134 valence electrons. The van der Waals surface area contributed by atoms with E-state index < -0.39 is 5.41 Å². The molecule has 1 aromatic rings. The Bertz CT molecular complexity index is 505. The SMILES string of the molecule is CCN(CC)CCCOC(=O)C1(c2ccc(Cl)cc2)CCCCC1. The van der Waals surface area contributed by atoms with Crippen LogP contribution in [0.25, 0.3) is 0 Å². The van der Waals surface area contributed by atoms with Crippen molar-refractivity contribution < 1.29 is 9.53 Å². The molecule has 0 radical (unpaired) electrons. The molecule has 0 aromatic heterocycles. The first-order valence-electron chi connectivity index (χ1n) is 9.28. The van der Waals surface area contributed by atoms with Crippen LogP contribution in [0.15, 0.2) is 24.3 Å². The summed E-state index contributed by atoms with van der Waals surface area (Å²) in [5.41, 5.74) is 0.582. The molecular formula is C20H30ClNO2. The third-order valence-corrected chi connectivity index (χ3v) is 5.49. The number of halogens is 1. The molecule has 0 aliphatic heterocycles. The highest BCUT2D eigenvalue weighted by Crippen LogP contribution is 2.41. The van der Waals surface area contributed by atoms with Crippen molar-refractivity contribution >= 4 is 17.6 Å². The third kappa shape index (κ3) is 4.73. The van der Waals surface area contributed by atoms with Crippen molar-refractivity contribution in [3.8, 4) is 0 Å². The van der Waals surface area contributed by atoms with Crippen LogP contribution in [0.2, 0.25) is 5.02 Å². The Morgan fingerprint density at radius 2 is 1.75 bits per heavy atom. The van der Waals surface area contributed by atoms with Gasteiger partial charge in [-0.25, -0.2) is 0 Å². The molecule has 0 N–H and O–H groups in total. The van der Waals surface area contributed by atoms with Crippen LogP contribution in [0.5, 0.6) is 0 Å². The van der Waals surface area contributed by atoms with Gasteiger partial charge in [0.25, 0.3) is 0 Å².